The number of carboxylic acids is 1. The van der Waals surface area contributed by atoms with Gasteiger partial charge in [-0.1, -0.05) is 24.3 Å². The fourth-order valence-electron chi connectivity index (χ4n) is 2.85. The average Bonchev–Trinajstić information content (AvgIpc) is 3.48. The van der Waals surface area contributed by atoms with Crippen LogP contribution in [0.5, 0.6) is 0 Å². The molecule has 1 fully saturated rings. The molecular formula is C21H21FN2O4. The zero-order valence-electron chi connectivity index (χ0n) is 15.2. The Kier molecular flexibility index (Phi) is 6.03. The Bertz CT molecular complexity index is 861. The van der Waals surface area contributed by atoms with Gasteiger partial charge in [0.2, 0.25) is 11.8 Å². The van der Waals surface area contributed by atoms with E-state index in [-0.39, 0.29) is 30.6 Å². The molecule has 6 nitrogen and oxygen atoms in total. The minimum absolute atomic E-state index is 0.0151. The summed E-state index contributed by atoms with van der Waals surface area (Å²) in [5, 5.41) is 14.6. The predicted octanol–water partition coefficient (Wildman–Crippen LogP) is 3.05. The van der Waals surface area contributed by atoms with Gasteiger partial charge in [0.05, 0.1) is 18.9 Å². The molecule has 1 saturated carbocycles. The van der Waals surface area contributed by atoms with Gasteiger partial charge in [-0.15, -0.1) is 0 Å². The van der Waals surface area contributed by atoms with E-state index in [9.17, 15) is 18.8 Å². The SMILES string of the molecule is O=C(O)C[C@@H](NC(=O)Cc1ccc(NC(=O)C2CC2)cc1)c1ccc(F)cc1. The normalized spacial score (nSPS) is 14.2. The molecule has 0 saturated heterocycles. The zero-order valence-corrected chi connectivity index (χ0v) is 15.2. The summed E-state index contributed by atoms with van der Waals surface area (Å²) < 4.78 is 13.1. The van der Waals surface area contributed by atoms with Gasteiger partial charge in [-0.3, -0.25) is 14.4 Å². The number of carbonyl (C=O) groups excluding carboxylic acids is 2. The van der Waals surface area contributed by atoms with Crippen molar-refractivity contribution in [3.8, 4) is 0 Å². The monoisotopic (exact) mass is 384 g/mol. The highest BCUT2D eigenvalue weighted by Crippen LogP contribution is 2.30. The molecule has 0 heterocycles. The van der Waals surface area contributed by atoms with E-state index in [2.05, 4.69) is 10.6 Å². The minimum Gasteiger partial charge on any atom is -0.481 e. The third kappa shape index (κ3) is 5.64. The molecule has 1 atom stereocenters. The van der Waals surface area contributed by atoms with Crippen molar-refractivity contribution in [2.45, 2.75) is 31.7 Å². The molecule has 7 heteroatoms. The lowest BCUT2D eigenvalue weighted by Crippen LogP contribution is -2.31. The number of anilines is 1. The Balaban J connectivity index is 1.59. The van der Waals surface area contributed by atoms with Crippen LogP contribution in [0.15, 0.2) is 48.5 Å². The van der Waals surface area contributed by atoms with Gasteiger partial charge in [0.1, 0.15) is 5.82 Å². The van der Waals surface area contributed by atoms with Crippen LogP contribution in [0, 0.1) is 11.7 Å². The first-order valence-electron chi connectivity index (χ1n) is 9.07. The lowest BCUT2D eigenvalue weighted by atomic mass is 10.0. The number of benzene rings is 2. The third-order valence-electron chi connectivity index (χ3n) is 4.52. The van der Waals surface area contributed by atoms with Gasteiger partial charge in [-0.25, -0.2) is 4.39 Å². The van der Waals surface area contributed by atoms with Crippen molar-refractivity contribution in [3.63, 3.8) is 0 Å². The summed E-state index contributed by atoms with van der Waals surface area (Å²) in [6.45, 7) is 0. The first-order chi connectivity index (χ1) is 13.4. The highest BCUT2D eigenvalue weighted by atomic mass is 19.1. The Morgan fingerprint density at radius 3 is 2.25 bits per heavy atom. The maximum atomic E-state index is 13.1. The van der Waals surface area contributed by atoms with E-state index >= 15 is 0 Å². The van der Waals surface area contributed by atoms with Crippen LogP contribution >= 0.6 is 0 Å². The van der Waals surface area contributed by atoms with E-state index in [1.54, 1.807) is 24.3 Å². The summed E-state index contributed by atoms with van der Waals surface area (Å²) in [5.41, 5.74) is 1.93. The maximum Gasteiger partial charge on any atom is 0.305 e. The number of aliphatic carboxylic acids is 1. The highest BCUT2D eigenvalue weighted by molar-refractivity contribution is 5.94. The van der Waals surface area contributed by atoms with Crippen molar-refractivity contribution in [2.75, 3.05) is 5.32 Å². The van der Waals surface area contributed by atoms with Crippen LogP contribution in [-0.4, -0.2) is 22.9 Å². The Labute approximate surface area is 161 Å². The van der Waals surface area contributed by atoms with Crippen LogP contribution in [0.4, 0.5) is 10.1 Å². The van der Waals surface area contributed by atoms with Crippen LogP contribution in [0.2, 0.25) is 0 Å². The number of nitrogens with one attached hydrogen (secondary N) is 2. The van der Waals surface area contributed by atoms with Gasteiger partial charge in [0.25, 0.3) is 0 Å². The summed E-state index contributed by atoms with van der Waals surface area (Å²) in [7, 11) is 0. The third-order valence-corrected chi connectivity index (χ3v) is 4.52. The second-order valence-corrected chi connectivity index (χ2v) is 6.91. The zero-order chi connectivity index (χ0) is 20.1. The standard InChI is InChI=1S/C21H21FN2O4/c22-16-7-5-14(6-8-16)18(12-20(26)27)24-19(25)11-13-1-9-17(10-2-13)23-21(28)15-3-4-15/h1-2,5-10,15,18H,3-4,11-12H2,(H,23,28)(H,24,25)(H,26,27)/t18-/m1/s1. The van der Waals surface area contributed by atoms with Gasteiger partial charge < -0.3 is 15.7 Å². The summed E-state index contributed by atoms with van der Waals surface area (Å²) in [6.07, 6.45) is 1.61. The summed E-state index contributed by atoms with van der Waals surface area (Å²) in [5.74, 6) is -1.71. The molecule has 1 aliphatic carbocycles. The van der Waals surface area contributed by atoms with E-state index in [0.29, 0.717) is 11.3 Å². The second-order valence-electron chi connectivity index (χ2n) is 6.91. The fraction of sp³-hybridized carbons (Fsp3) is 0.286. The number of amides is 2. The fourth-order valence-corrected chi connectivity index (χ4v) is 2.85. The molecule has 28 heavy (non-hydrogen) atoms. The molecule has 1 aliphatic rings. The van der Waals surface area contributed by atoms with Crippen molar-refractivity contribution in [2.24, 2.45) is 5.92 Å². The van der Waals surface area contributed by atoms with E-state index in [1.165, 1.54) is 24.3 Å². The smallest absolute Gasteiger partial charge is 0.305 e. The molecule has 146 valence electrons. The number of hydrogen-bond donors (Lipinski definition) is 3. The van der Waals surface area contributed by atoms with Gasteiger partial charge in [0.15, 0.2) is 0 Å². The van der Waals surface area contributed by atoms with Crippen LogP contribution in [0.1, 0.15) is 36.4 Å². The van der Waals surface area contributed by atoms with Crippen molar-refractivity contribution in [1.82, 2.24) is 5.32 Å². The molecule has 0 bridgehead atoms. The van der Waals surface area contributed by atoms with Gasteiger partial charge in [0, 0.05) is 11.6 Å². The van der Waals surface area contributed by atoms with E-state index < -0.39 is 17.8 Å². The van der Waals surface area contributed by atoms with Gasteiger partial charge in [-0.05, 0) is 48.2 Å². The van der Waals surface area contributed by atoms with Crippen LogP contribution < -0.4 is 10.6 Å². The Morgan fingerprint density at radius 2 is 1.68 bits per heavy atom. The average molecular weight is 384 g/mol. The van der Waals surface area contributed by atoms with E-state index in [4.69, 9.17) is 5.11 Å². The van der Waals surface area contributed by atoms with E-state index in [0.717, 1.165) is 18.4 Å². The largest absolute Gasteiger partial charge is 0.481 e. The Morgan fingerprint density at radius 1 is 1.04 bits per heavy atom. The summed E-state index contributed by atoms with van der Waals surface area (Å²) >= 11 is 0. The quantitative estimate of drug-likeness (QED) is 0.652. The molecule has 0 radical (unpaired) electrons. The molecule has 2 amide bonds. The molecule has 2 aromatic rings. The highest BCUT2D eigenvalue weighted by Gasteiger charge is 2.29. The van der Waals surface area contributed by atoms with E-state index in [1.807, 2.05) is 0 Å². The van der Waals surface area contributed by atoms with Crippen molar-refractivity contribution >= 4 is 23.5 Å². The lowest BCUT2D eigenvalue weighted by Gasteiger charge is -2.17. The van der Waals surface area contributed by atoms with Crippen LogP contribution in [-0.2, 0) is 20.8 Å². The number of halogens is 1. The van der Waals surface area contributed by atoms with Crippen molar-refractivity contribution in [1.29, 1.82) is 0 Å². The first-order valence-corrected chi connectivity index (χ1v) is 9.07. The number of carboxylic acid groups (broad SMARTS) is 1. The number of carbonyl (C=O) groups is 3. The topological polar surface area (TPSA) is 95.5 Å². The Hall–Kier alpha value is -3.22. The van der Waals surface area contributed by atoms with Gasteiger partial charge >= 0.3 is 5.97 Å². The first kappa shape index (κ1) is 19.5. The number of rotatable bonds is 8. The van der Waals surface area contributed by atoms with Crippen molar-refractivity contribution in [3.05, 3.63) is 65.5 Å². The predicted molar refractivity (Wildman–Crippen MR) is 101 cm³/mol. The molecule has 2 aromatic carbocycles. The van der Waals surface area contributed by atoms with Gasteiger partial charge in [-0.2, -0.15) is 0 Å². The molecule has 3 N–H and O–H groups in total. The lowest BCUT2D eigenvalue weighted by molar-refractivity contribution is -0.137. The number of hydrogen-bond acceptors (Lipinski definition) is 3. The molecule has 0 spiro atoms. The molecular weight excluding hydrogens is 363 g/mol. The summed E-state index contributed by atoms with van der Waals surface area (Å²) in [6, 6.07) is 11.6. The maximum absolute atomic E-state index is 13.1. The second kappa shape index (κ2) is 8.65. The molecule has 0 unspecified atom stereocenters. The van der Waals surface area contributed by atoms with Crippen LogP contribution in [0.3, 0.4) is 0 Å². The summed E-state index contributed by atoms with van der Waals surface area (Å²) in [4.78, 5) is 35.2. The molecule has 0 aromatic heterocycles. The molecule has 3 rings (SSSR count). The minimum atomic E-state index is -1.06. The molecule has 0 aliphatic heterocycles. The van der Waals surface area contributed by atoms with Crippen molar-refractivity contribution < 1.29 is 23.9 Å². The van der Waals surface area contributed by atoms with Crippen LogP contribution in [0.25, 0.3) is 0 Å².